The van der Waals surface area contributed by atoms with E-state index < -0.39 is 0 Å². The summed E-state index contributed by atoms with van der Waals surface area (Å²) in [6.45, 7) is 2.28. The second kappa shape index (κ2) is 4.02. The molecule has 0 bridgehead atoms. The van der Waals surface area contributed by atoms with Gasteiger partial charge in [0.2, 0.25) is 0 Å². The summed E-state index contributed by atoms with van der Waals surface area (Å²) in [5.41, 5.74) is 2.87. The van der Waals surface area contributed by atoms with Crippen molar-refractivity contribution in [2.24, 2.45) is 0 Å². The minimum Gasteiger partial charge on any atom is -0.508 e. The summed E-state index contributed by atoms with van der Waals surface area (Å²) in [6.07, 6.45) is 7.36. The second-order valence-electron chi connectivity index (χ2n) is 5.57. The molecule has 0 spiro atoms. The van der Waals surface area contributed by atoms with Crippen molar-refractivity contribution in [2.45, 2.75) is 57.0 Å². The Kier molecular flexibility index (Phi) is 2.62. The van der Waals surface area contributed by atoms with Gasteiger partial charge in [0.15, 0.2) is 0 Å². The molecule has 1 atom stereocenters. The van der Waals surface area contributed by atoms with E-state index in [1.807, 2.05) is 6.07 Å². The Morgan fingerprint density at radius 2 is 2.24 bits per heavy atom. The first kappa shape index (κ1) is 11.1. The van der Waals surface area contributed by atoms with Gasteiger partial charge >= 0.3 is 0 Å². The first-order valence-corrected chi connectivity index (χ1v) is 6.82. The average Bonchev–Trinajstić information content (AvgIpc) is 2.68. The molecule has 3 rings (SSSR count). The molecule has 2 N–H and O–H groups in total. The maximum Gasteiger partial charge on any atom is 0.119 e. The Morgan fingerprint density at radius 3 is 2.88 bits per heavy atom. The highest BCUT2D eigenvalue weighted by atomic mass is 16.3. The number of rotatable bonds is 3. The quantitative estimate of drug-likeness (QED) is 0.836. The van der Waals surface area contributed by atoms with Gasteiger partial charge in [-0.1, -0.05) is 19.1 Å². The molecule has 2 heteroatoms. The summed E-state index contributed by atoms with van der Waals surface area (Å²) in [5, 5.41) is 13.7. The molecule has 1 fully saturated rings. The highest BCUT2D eigenvalue weighted by Gasteiger charge is 2.38. The zero-order chi connectivity index (χ0) is 11.9. The number of fused-ring (bicyclic) bond motifs is 1. The van der Waals surface area contributed by atoms with Gasteiger partial charge in [-0.2, -0.15) is 0 Å². The van der Waals surface area contributed by atoms with Gasteiger partial charge in [-0.05, 0) is 55.7 Å². The van der Waals surface area contributed by atoms with E-state index in [2.05, 4.69) is 18.3 Å². The molecule has 0 radical (unpaired) electrons. The van der Waals surface area contributed by atoms with E-state index in [9.17, 15) is 5.11 Å². The van der Waals surface area contributed by atoms with Crippen LogP contribution in [0.15, 0.2) is 18.2 Å². The molecule has 2 aliphatic rings. The van der Waals surface area contributed by atoms with Crippen LogP contribution in [0.2, 0.25) is 0 Å². The van der Waals surface area contributed by atoms with Crippen molar-refractivity contribution < 1.29 is 5.11 Å². The summed E-state index contributed by atoms with van der Waals surface area (Å²) in [5.74, 6) is 0.478. The van der Waals surface area contributed by atoms with E-state index in [0.29, 0.717) is 17.3 Å². The van der Waals surface area contributed by atoms with Crippen LogP contribution in [0, 0.1) is 0 Å². The van der Waals surface area contributed by atoms with E-state index in [4.69, 9.17) is 0 Å². The van der Waals surface area contributed by atoms with Crippen molar-refractivity contribution in [3.05, 3.63) is 29.3 Å². The molecule has 1 aromatic rings. The largest absolute Gasteiger partial charge is 0.508 e. The number of nitrogens with one attached hydrogen (secondary N) is 1. The third-order valence-corrected chi connectivity index (χ3v) is 4.71. The molecule has 2 aliphatic carbocycles. The number of phenols is 1. The second-order valence-corrected chi connectivity index (χ2v) is 5.57. The maximum absolute atomic E-state index is 9.85. The molecule has 0 amide bonds. The zero-order valence-electron chi connectivity index (χ0n) is 10.5. The van der Waals surface area contributed by atoms with Crippen LogP contribution >= 0.6 is 0 Å². The van der Waals surface area contributed by atoms with Gasteiger partial charge in [0.05, 0.1) is 0 Å². The van der Waals surface area contributed by atoms with Crippen LogP contribution in [0.3, 0.4) is 0 Å². The van der Waals surface area contributed by atoms with E-state index in [1.165, 1.54) is 31.2 Å². The lowest BCUT2D eigenvalue weighted by Gasteiger charge is -2.44. The lowest BCUT2D eigenvalue weighted by atomic mass is 9.74. The first-order valence-electron chi connectivity index (χ1n) is 6.82. The summed E-state index contributed by atoms with van der Waals surface area (Å²) in [4.78, 5) is 0. The normalized spacial score (nSPS) is 25.4. The van der Waals surface area contributed by atoms with Gasteiger partial charge in [-0.15, -0.1) is 0 Å². The Morgan fingerprint density at radius 1 is 1.41 bits per heavy atom. The van der Waals surface area contributed by atoms with Crippen LogP contribution in [-0.2, 0) is 6.42 Å². The van der Waals surface area contributed by atoms with Crippen LogP contribution < -0.4 is 5.32 Å². The minimum atomic E-state index is 0.387. The topological polar surface area (TPSA) is 32.3 Å². The van der Waals surface area contributed by atoms with Crippen molar-refractivity contribution in [1.29, 1.82) is 0 Å². The molecule has 0 aromatic heterocycles. The molecule has 0 heterocycles. The van der Waals surface area contributed by atoms with Gasteiger partial charge in [0.25, 0.3) is 0 Å². The zero-order valence-corrected chi connectivity index (χ0v) is 10.5. The smallest absolute Gasteiger partial charge is 0.119 e. The van der Waals surface area contributed by atoms with Gasteiger partial charge in [-0.25, -0.2) is 0 Å². The number of hydrogen-bond acceptors (Lipinski definition) is 2. The fourth-order valence-electron chi connectivity index (χ4n) is 3.36. The number of phenolic OH excluding ortho intramolecular Hbond substituents is 1. The van der Waals surface area contributed by atoms with Gasteiger partial charge in [0, 0.05) is 11.6 Å². The lowest BCUT2D eigenvalue weighted by molar-refractivity contribution is 0.156. The highest BCUT2D eigenvalue weighted by molar-refractivity contribution is 5.44. The van der Waals surface area contributed by atoms with E-state index in [0.717, 1.165) is 18.4 Å². The van der Waals surface area contributed by atoms with Crippen molar-refractivity contribution in [2.75, 3.05) is 0 Å². The number of aromatic hydroxyl groups is 1. The van der Waals surface area contributed by atoms with Gasteiger partial charge in [0.1, 0.15) is 5.75 Å². The monoisotopic (exact) mass is 231 g/mol. The van der Waals surface area contributed by atoms with Crippen LogP contribution in [0.1, 0.15) is 56.2 Å². The molecule has 17 heavy (non-hydrogen) atoms. The molecule has 0 saturated heterocycles. The average molecular weight is 231 g/mol. The molecule has 92 valence electrons. The SMILES string of the molecule is CCC1(NC2CCc3c(O)cccc32)CCC1. The highest BCUT2D eigenvalue weighted by Crippen LogP contribution is 2.42. The fraction of sp³-hybridized carbons (Fsp3) is 0.600. The van der Waals surface area contributed by atoms with E-state index in [-0.39, 0.29) is 0 Å². The maximum atomic E-state index is 9.85. The fourth-order valence-corrected chi connectivity index (χ4v) is 3.36. The molecular formula is C15H21NO. The van der Waals surface area contributed by atoms with Crippen LogP contribution in [-0.4, -0.2) is 10.6 Å². The lowest BCUT2D eigenvalue weighted by Crippen LogP contribution is -2.51. The Balaban J connectivity index is 1.82. The summed E-state index contributed by atoms with van der Waals surface area (Å²) < 4.78 is 0. The Labute approximate surface area is 103 Å². The molecule has 1 aromatic carbocycles. The molecule has 1 saturated carbocycles. The number of benzene rings is 1. The molecule has 0 aliphatic heterocycles. The van der Waals surface area contributed by atoms with Gasteiger partial charge in [-0.3, -0.25) is 0 Å². The molecular weight excluding hydrogens is 210 g/mol. The predicted octanol–water partition coefficient (Wildman–Crippen LogP) is 3.30. The van der Waals surface area contributed by atoms with Crippen LogP contribution in [0.4, 0.5) is 0 Å². The first-order chi connectivity index (χ1) is 8.24. The van der Waals surface area contributed by atoms with Crippen molar-refractivity contribution in [1.82, 2.24) is 5.32 Å². The third-order valence-electron chi connectivity index (χ3n) is 4.71. The summed E-state index contributed by atoms with van der Waals surface area (Å²) in [6, 6.07) is 6.40. The van der Waals surface area contributed by atoms with E-state index in [1.54, 1.807) is 6.07 Å². The predicted molar refractivity (Wildman–Crippen MR) is 69.2 cm³/mol. The minimum absolute atomic E-state index is 0.387. The third kappa shape index (κ3) is 1.75. The summed E-state index contributed by atoms with van der Waals surface area (Å²) >= 11 is 0. The van der Waals surface area contributed by atoms with Crippen molar-refractivity contribution >= 4 is 0 Å². The van der Waals surface area contributed by atoms with Crippen LogP contribution in [0.5, 0.6) is 5.75 Å². The summed E-state index contributed by atoms with van der Waals surface area (Å²) in [7, 11) is 0. The van der Waals surface area contributed by atoms with Crippen molar-refractivity contribution in [3.63, 3.8) is 0 Å². The Bertz CT molecular complexity index is 417. The standard InChI is InChI=1S/C15H21NO/c1-2-15(9-4-10-15)16-13-8-7-12-11(13)5-3-6-14(12)17/h3,5-6,13,16-17H,2,4,7-10H2,1H3. The Hall–Kier alpha value is -1.02. The molecule has 2 nitrogen and oxygen atoms in total. The van der Waals surface area contributed by atoms with Crippen molar-refractivity contribution in [3.8, 4) is 5.75 Å². The van der Waals surface area contributed by atoms with Gasteiger partial charge < -0.3 is 10.4 Å². The number of hydrogen-bond donors (Lipinski definition) is 2. The van der Waals surface area contributed by atoms with Crippen LogP contribution in [0.25, 0.3) is 0 Å². The molecule has 1 unspecified atom stereocenters. The van der Waals surface area contributed by atoms with E-state index >= 15 is 0 Å².